The van der Waals surface area contributed by atoms with Gasteiger partial charge in [-0.2, -0.15) is 0 Å². The SMILES string of the molecule is CC(=O)CC(=O)c1ccc(N)cc1N. The normalized spacial score (nSPS) is 9.79. The molecule has 0 aliphatic rings. The van der Waals surface area contributed by atoms with Crippen LogP contribution in [0.1, 0.15) is 23.7 Å². The van der Waals surface area contributed by atoms with Gasteiger partial charge in [0.2, 0.25) is 0 Å². The minimum atomic E-state index is -0.269. The van der Waals surface area contributed by atoms with Crippen LogP contribution in [0.15, 0.2) is 18.2 Å². The molecule has 1 rings (SSSR count). The van der Waals surface area contributed by atoms with Crippen LogP contribution in [0.25, 0.3) is 0 Å². The summed E-state index contributed by atoms with van der Waals surface area (Å²) in [4.78, 5) is 22.2. The molecule has 1 aromatic carbocycles. The molecule has 0 spiro atoms. The van der Waals surface area contributed by atoms with Crippen molar-refractivity contribution >= 4 is 22.9 Å². The minimum Gasteiger partial charge on any atom is -0.399 e. The third kappa shape index (κ3) is 2.32. The van der Waals surface area contributed by atoms with E-state index >= 15 is 0 Å². The maximum atomic E-state index is 11.4. The second-order valence-corrected chi connectivity index (χ2v) is 3.15. The van der Waals surface area contributed by atoms with Crippen LogP contribution in [0.4, 0.5) is 11.4 Å². The Hall–Kier alpha value is -1.84. The number of hydrogen-bond donors (Lipinski definition) is 2. The summed E-state index contributed by atoms with van der Waals surface area (Å²) in [6.07, 6.45) is -0.117. The van der Waals surface area contributed by atoms with E-state index < -0.39 is 0 Å². The molecule has 0 atom stereocenters. The molecule has 0 saturated carbocycles. The van der Waals surface area contributed by atoms with Gasteiger partial charge in [-0.05, 0) is 25.1 Å². The summed E-state index contributed by atoms with van der Waals surface area (Å²) in [5, 5.41) is 0. The fourth-order valence-electron chi connectivity index (χ4n) is 1.16. The lowest BCUT2D eigenvalue weighted by atomic mass is 10.0. The molecule has 4 nitrogen and oxygen atoms in total. The van der Waals surface area contributed by atoms with Gasteiger partial charge in [-0.15, -0.1) is 0 Å². The van der Waals surface area contributed by atoms with Crippen molar-refractivity contribution in [3.8, 4) is 0 Å². The zero-order valence-electron chi connectivity index (χ0n) is 7.91. The molecular weight excluding hydrogens is 180 g/mol. The molecule has 0 bridgehead atoms. The van der Waals surface area contributed by atoms with E-state index in [9.17, 15) is 9.59 Å². The van der Waals surface area contributed by atoms with Crippen molar-refractivity contribution in [2.75, 3.05) is 11.5 Å². The zero-order valence-corrected chi connectivity index (χ0v) is 7.91. The molecule has 4 heteroatoms. The van der Waals surface area contributed by atoms with Crippen molar-refractivity contribution in [1.82, 2.24) is 0 Å². The lowest BCUT2D eigenvalue weighted by molar-refractivity contribution is -0.116. The summed E-state index contributed by atoms with van der Waals surface area (Å²) in [6.45, 7) is 1.37. The Labute approximate surface area is 81.9 Å². The predicted molar refractivity (Wildman–Crippen MR) is 54.9 cm³/mol. The summed E-state index contributed by atoms with van der Waals surface area (Å²) in [6, 6.07) is 4.63. The first-order valence-electron chi connectivity index (χ1n) is 4.18. The third-order valence-electron chi connectivity index (χ3n) is 1.79. The van der Waals surface area contributed by atoms with Gasteiger partial charge in [0.1, 0.15) is 5.78 Å². The Morgan fingerprint density at radius 2 is 1.93 bits per heavy atom. The highest BCUT2D eigenvalue weighted by Crippen LogP contribution is 2.17. The highest BCUT2D eigenvalue weighted by molar-refractivity contribution is 6.10. The minimum absolute atomic E-state index is 0.117. The Kier molecular flexibility index (Phi) is 2.86. The topological polar surface area (TPSA) is 86.2 Å². The van der Waals surface area contributed by atoms with Crippen LogP contribution in [0.2, 0.25) is 0 Å². The zero-order chi connectivity index (χ0) is 10.7. The second-order valence-electron chi connectivity index (χ2n) is 3.15. The van der Waals surface area contributed by atoms with Crippen LogP contribution in [0.5, 0.6) is 0 Å². The Morgan fingerprint density at radius 1 is 1.29 bits per heavy atom. The van der Waals surface area contributed by atoms with E-state index in [4.69, 9.17) is 11.5 Å². The number of hydrogen-bond acceptors (Lipinski definition) is 4. The molecule has 0 aromatic heterocycles. The number of nitrogens with two attached hydrogens (primary N) is 2. The molecule has 74 valence electrons. The van der Waals surface area contributed by atoms with Gasteiger partial charge in [-0.25, -0.2) is 0 Å². The van der Waals surface area contributed by atoms with E-state index in [1.54, 1.807) is 6.07 Å². The molecule has 0 amide bonds. The molecular formula is C10H12N2O2. The molecule has 0 heterocycles. The van der Waals surface area contributed by atoms with Gasteiger partial charge in [-0.1, -0.05) is 0 Å². The molecule has 4 N–H and O–H groups in total. The van der Waals surface area contributed by atoms with Gasteiger partial charge in [0.05, 0.1) is 6.42 Å². The van der Waals surface area contributed by atoms with E-state index in [2.05, 4.69) is 0 Å². The van der Waals surface area contributed by atoms with E-state index in [1.807, 2.05) is 0 Å². The predicted octanol–water partition coefficient (Wildman–Crippen LogP) is 1.01. The van der Waals surface area contributed by atoms with Crippen molar-refractivity contribution in [3.63, 3.8) is 0 Å². The van der Waals surface area contributed by atoms with E-state index in [-0.39, 0.29) is 18.0 Å². The monoisotopic (exact) mass is 192 g/mol. The average molecular weight is 192 g/mol. The third-order valence-corrected chi connectivity index (χ3v) is 1.79. The highest BCUT2D eigenvalue weighted by Gasteiger charge is 2.11. The first-order chi connectivity index (χ1) is 6.50. The first-order valence-corrected chi connectivity index (χ1v) is 4.18. The number of rotatable bonds is 3. The molecule has 0 saturated heterocycles. The largest absolute Gasteiger partial charge is 0.399 e. The van der Waals surface area contributed by atoms with Gasteiger partial charge in [0.25, 0.3) is 0 Å². The van der Waals surface area contributed by atoms with Crippen LogP contribution < -0.4 is 11.5 Å². The van der Waals surface area contributed by atoms with Gasteiger partial charge in [-0.3, -0.25) is 9.59 Å². The number of carbonyl (C=O) groups is 2. The summed E-state index contributed by atoms with van der Waals surface area (Å²) in [5.41, 5.74) is 12.2. The van der Waals surface area contributed by atoms with Crippen LogP contribution >= 0.6 is 0 Å². The van der Waals surface area contributed by atoms with Crippen LogP contribution in [-0.2, 0) is 4.79 Å². The van der Waals surface area contributed by atoms with Crippen molar-refractivity contribution < 1.29 is 9.59 Å². The summed E-state index contributed by atoms with van der Waals surface area (Å²) < 4.78 is 0. The summed E-state index contributed by atoms with van der Waals surface area (Å²) in [5.74, 6) is -0.443. The molecule has 0 aliphatic heterocycles. The van der Waals surface area contributed by atoms with Gasteiger partial charge >= 0.3 is 0 Å². The van der Waals surface area contributed by atoms with Crippen molar-refractivity contribution in [1.29, 1.82) is 0 Å². The maximum absolute atomic E-state index is 11.4. The van der Waals surface area contributed by atoms with E-state index in [0.29, 0.717) is 16.9 Å². The highest BCUT2D eigenvalue weighted by atomic mass is 16.1. The molecule has 1 aromatic rings. The van der Waals surface area contributed by atoms with Crippen molar-refractivity contribution in [2.24, 2.45) is 0 Å². The Balaban J connectivity index is 2.96. The van der Waals surface area contributed by atoms with Gasteiger partial charge in [0.15, 0.2) is 5.78 Å². The lowest BCUT2D eigenvalue weighted by Crippen LogP contribution is -2.08. The molecule has 0 radical (unpaired) electrons. The van der Waals surface area contributed by atoms with E-state index in [0.717, 1.165) is 0 Å². The smallest absolute Gasteiger partial charge is 0.172 e. The van der Waals surface area contributed by atoms with Crippen molar-refractivity contribution in [3.05, 3.63) is 23.8 Å². The number of anilines is 2. The fraction of sp³-hybridized carbons (Fsp3) is 0.200. The average Bonchev–Trinajstić information content (AvgIpc) is 2.01. The molecule has 0 unspecified atom stereocenters. The van der Waals surface area contributed by atoms with Crippen molar-refractivity contribution in [2.45, 2.75) is 13.3 Å². The molecule has 0 fully saturated rings. The van der Waals surface area contributed by atoms with Gasteiger partial charge < -0.3 is 11.5 Å². The van der Waals surface area contributed by atoms with Crippen LogP contribution in [0.3, 0.4) is 0 Å². The quantitative estimate of drug-likeness (QED) is 0.425. The number of carbonyl (C=O) groups excluding carboxylic acids is 2. The first kappa shape index (κ1) is 10.2. The van der Waals surface area contributed by atoms with Gasteiger partial charge in [0, 0.05) is 16.9 Å². The lowest BCUT2D eigenvalue weighted by Gasteiger charge is -2.03. The number of ketones is 2. The number of nitrogen functional groups attached to an aromatic ring is 2. The Bertz CT molecular complexity index is 386. The van der Waals surface area contributed by atoms with Crippen LogP contribution in [-0.4, -0.2) is 11.6 Å². The number of benzene rings is 1. The Morgan fingerprint density at radius 3 is 2.43 bits per heavy atom. The number of Topliss-reactive ketones (excluding diaryl/α,β-unsaturated/α-hetero) is 2. The summed E-state index contributed by atoms with van der Waals surface area (Å²) in [7, 11) is 0. The molecule has 14 heavy (non-hydrogen) atoms. The van der Waals surface area contributed by atoms with Crippen LogP contribution in [0, 0.1) is 0 Å². The maximum Gasteiger partial charge on any atom is 0.172 e. The molecule has 0 aliphatic carbocycles. The standard InChI is InChI=1S/C10H12N2O2/c1-6(13)4-10(14)8-3-2-7(11)5-9(8)12/h2-3,5H,4,11-12H2,1H3. The summed E-state index contributed by atoms with van der Waals surface area (Å²) >= 11 is 0. The van der Waals surface area contributed by atoms with E-state index in [1.165, 1.54) is 19.1 Å². The second kappa shape index (κ2) is 3.91. The fourth-order valence-corrected chi connectivity index (χ4v) is 1.16.